The van der Waals surface area contributed by atoms with Crippen LogP contribution in [0.5, 0.6) is 0 Å². The number of aromatic nitrogens is 1. The van der Waals surface area contributed by atoms with Gasteiger partial charge in [-0.1, -0.05) is 12.5 Å². The van der Waals surface area contributed by atoms with Gasteiger partial charge in [-0.05, 0) is 60.8 Å². The summed E-state index contributed by atoms with van der Waals surface area (Å²) in [5.74, 6) is 3.32. The molecule has 2 aliphatic rings. The number of hydrogen-bond donors (Lipinski definition) is 0. The molecule has 2 aromatic rings. The lowest BCUT2D eigenvalue weighted by Crippen LogP contribution is -2.32. The number of furan rings is 1. The Kier molecular flexibility index (Phi) is 4.37. The second-order valence-corrected chi connectivity index (χ2v) is 7.33. The van der Waals surface area contributed by atoms with Gasteiger partial charge in [0, 0.05) is 25.4 Å². The maximum atomic E-state index is 13.0. The summed E-state index contributed by atoms with van der Waals surface area (Å²) in [4.78, 5) is 19.1. The molecule has 0 aliphatic heterocycles. The smallest absolute Gasteiger partial charge is 0.223 e. The minimum absolute atomic E-state index is 0.243. The van der Waals surface area contributed by atoms with E-state index in [2.05, 4.69) is 4.98 Å². The van der Waals surface area contributed by atoms with Gasteiger partial charge in [-0.2, -0.15) is 0 Å². The number of fused-ring (bicyclic) bond motifs is 2. The summed E-state index contributed by atoms with van der Waals surface area (Å²) >= 11 is 0. The van der Waals surface area contributed by atoms with E-state index in [0.717, 1.165) is 23.2 Å². The summed E-state index contributed by atoms with van der Waals surface area (Å²) < 4.78 is 5.46. The van der Waals surface area contributed by atoms with Gasteiger partial charge in [0.1, 0.15) is 5.76 Å². The molecule has 2 heterocycles. The molecule has 3 atom stereocenters. The first kappa shape index (κ1) is 15.4. The van der Waals surface area contributed by atoms with Gasteiger partial charge >= 0.3 is 0 Å². The first-order valence-corrected chi connectivity index (χ1v) is 8.97. The molecule has 0 aromatic carbocycles. The summed E-state index contributed by atoms with van der Waals surface area (Å²) in [5.41, 5.74) is 1.06. The summed E-state index contributed by atoms with van der Waals surface area (Å²) in [5, 5.41) is 0. The topological polar surface area (TPSA) is 46.3 Å². The van der Waals surface area contributed by atoms with Crippen LogP contribution in [0.2, 0.25) is 0 Å². The van der Waals surface area contributed by atoms with E-state index in [4.69, 9.17) is 4.42 Å². The Balaban J connectivity index is 1.45. The Bertz CT molecular complexity index is 668. The van der Waals surface area contributed by atoms with E-state index in [9.17, 15) is 4.79 Å². The van der Waals surface area contributed by atoms with Crippen molar-refractivity contribution in [2.75, 3.05) is 0 Å². The van der Waals surface area contributed by atoms with Crippen LogP contribution < -0.4 is 0 Å². The molecule has 2 saturated carbocycles. The van der Waals surface area contributed by atoms with Crippen molar-refractivity contribution < 1.29 is 9.21 Å². The zero-order valence-electron chi connectivity index (χ0n) is 13.9. The van der Waals surface area contributed by atoms with Crippen molar-refractivity contribution >= 4 is 5.91 Å². The van der Waals surface area contributed by atoms with E-state index in [1.54, 1.807) is 12.5 Å². The molecule has 2 bridgehead atoms. The van der Waals surface area contributed by atoms with Crippen LogP contribution in [0, 0.1) is 17.8 Å². The van der Waals surface area contributed by atoms with Crippen LogP contribution in [0.25, 0.3) is 0 Å². The number of pyridine rings is 1. The second-order valence-electron chi connectivity index (χ2n) is 7.33. The third-order valence-corrected chi connectivity index (χ3v) is 5.70. The lowest BCUT2D eigenvalue weighted by atomic mass is 9.86. The van der Waals surface area contributed by atoms with E-state index in [1.807, 2.05) is 35.4 Å². The normalized spacial score (nSPS) is 25.1. The molecule has 4 heteroatoms. The molecule has 2 fully saturated rings. The van der Waals surface area contributed by atoms with Crippen LogP contribution in [0.1, 0.15) is 43.4 Å². The van der Waals surface area contributed by atoms with Crippen molar-refractivity contribution in [2.24, 2.45) is 17.8 Å². The fourth-order valence-electron chi connectivity index (χ4n) is 4.51. The number of rotatable bonds is 6. The van der Waals surface area contributed by atoms with E-state index in [1.165, 1.54) is 25.7 Å². The largest absolute Gasteiger partial charge is 0.467 e. The van der Waals surface area contributed by atoms with Crippen LogP contribution in [0.3, 0.4) is 0 Å². The van der Waals surface area contributed by atoms with Crippen molar-refractivity contribution in [3.05, 3.63) is 54.2 Å². The molecule has 2 aliphatic carbocycles. The fourth-order valence-corrected chi connectivity index (χ4v) is 4.51. The molecule has 0 N–H and O–H groups in total. The van der Waals surface area contributed by atoms with Gasteiger partial charge in [-0.3, -0.25) is 9.78 Å². The zero-order valence-corrected chi connectivity index (χ0v) is 13.9. The molecule has 4 nitrogen and oxygen atoms in total. The monoisotopic (exact) mass is 324 g/mol. The number of amides is 1. The van der Waals surface area contributed by atoms with Gasteiger partial charge in [-0.25, -0.2) is 0 Å². The van der Waals surface area contributed by atoms with Crippen LogP contribution in [-0.4, -0.2) is 15.8 Å². The van der Waals surface area contributed by atoms with Crippen LogP contribution in [0.15, 0.2) is 47.3 Å². The lowest BCUT2D eigenvalue weighted by Gasteiger charge is -2.26. The Morgan fingerprint density at radius 3 is 2.83 bits per heavy atom. The van der Waals surface area contributed by atoms with Crippen LogP contribution in [0.4, 0.5) is 0 Å². The third-order valence-electron chi connectivity index (χ3n) is 5.70. The Morgan fingerprint density at radius 1 is 1.21 bits per heavy atom. The van der Waals surface area contributed by atoms with Gasteiger partial charge in [0.05, 0.1) is 12.8 Å². The minimum atomic E-state index is 0.243. The Morgan fingerprint density at radius 2 is 2.17 bits per heavy atom. The quantitative estimate of drug-likeness (QED) is 0.806. The summed E-state index contributed by atoms with van der Waals surface area (Å²) in [6.45, 7) is 1.12. The van der Waals surface area contributed by atoms with Crippen molar-refractivity contribution in [2.45, 2.75) is 45.2 Å². The van der Waals surface area contributed by atoms with E-state index in [0.29, 0.717) is 25.4 Å². The standard InChI is InChI=1S/C20H24N2O2/c23-20(11-18-10-15-5-6-17(18)9-15)22(14-19-4-2-8-24-19)13-16-3-1-7-21-12-16/h1-4,7-8,12,15,17-18H,5-6,9-11,13-14H2/t15-,17-,18-/m0/s1. The fraction of sp³-hybridized carbons (Fsp3) is 0.500. The highest BCUT2D eigenvalue weighted by molar-refractivity contribution is 5.76. The maximum absolute atomic E-state index is 13.0. The number of carbonyl (C=O) groups is 1. The van der Waals surface area contributed by atoms with Crippen molar-refractivity contribution in [1.82, 2.24) is 9.88 Å². The molecule has 2 aromatic heterocycles. The molecular weight excluding hydrogens is 300 g/mol. The van der Waals surface area contributed by atoms with Gasteiger partial charge in [0.15, 0.2) is 0 Å². The molecule has 4 rings (SSSR count). The van der Waals surface area contributed by atoms with Crippen molar-refractivity contribution in [3.8, 4) is 0 Å². The van der Waals surface area contributed by atoms with Gasteiger partial charge in [-0.15, -0.1) is 0 Å². The maximum Gasteiger partial charge on any atom is 0.223 e. The number of nitrogens with zero attached hydrogens (tertiary/aromatic N) is 2. The molecule has 0 saturated heterocycles. The second kappa shape index (κ2) is 6.80. The predicted molar refractivity (Wildman–Crippen MR) is 90.8 cm³/mol. The highest BCUT2D eigenvalue weighted by Crippen LogP contribution is 2.49. The molecule has 0 spiro atoms. The molecule has 1 amide bonds. The van der Waals surface area contributed by atoms with E-state index < -0.39 is 0 Å². The molecule has 24 heavy (non-hydrogen) atoms. The van der Waals surface area contributed by atoms with E-state index in [-0.39, 0.29) is 5.91 Å². The average Bonchev–Trinajstić information content (AvgIpc) is 3.33. The Hall–Kier alpha value is -2.10. The highest BCUT2D eigenvalue weighted by atomic mass is 16.3. The molecule has 0 unspecified atom stereocenters. The summed E-state index contributed by atoms with van der Waals surface area (Å²) in [6.07, 6.45) is 11.2. The Labute approximate surface area is 142 Å². The minimum Gasteiger partial charge on any atom is -0.467 e. The van der Waals surface area contributed by atoms with Gasteiger partial charge in [0.25, 0.3) is 0 Å². The molecule has 0 radical (unpaired) electrons. The van der Waals surface area contributed by atoms with Gasteiger partial charge in [0.2, 0.25) is 5.91 Å². The molecular formula is C20H24N2O2. The first-order chi connectivity index (χ1) is 11.8. The van der Waals surface area contributed by atoms with Crippen LogP contribution in [-0.2, 0) is 17.9 Å². The third kappa shape index (κ3) is 3.37. The summed E-state index contributed by atoms with van der Waals surface area (Å²) in [7, 11) is 0. The van der Waals surface area contributed by atoms with Gasteiger partial charge < -0.3 is 9.32 Å². The van der Waals surface area contributed by atoms with Crippen molar-refractivity contribution in [3.63, 3.8) is 0 Å². The van der Waals surface area contributed by atoms with Crippen LogP contribution >= 0.6 is 0 Å². The summed E-state index contributed by atoms with van der Waals surface area (Å²) in [6, 6.07) is 7.74. The molecule has 126 valence electrons. The van der Waals surface area contributed by atoms with E-state index >= 15 is 0 Å². The SMILES string of the molecule is O=C(C[C@@H]1C[C@H]2CC[C@H]1C2)N(Cc1cccnc1)Cc1ccco1. The lowest BCUT2D eigenvalue weighted by molar-refractivity contribution is -0.134. The first-order valence-electron chi connectivity index (χ1n) is 8.97. The predicted octanol–water partition coefficient (Wildman–Crippen LogP) is 4.03. The number of carbonyl (C=O) groups excluding carboxylic acids is 1. The van der Waals surface area contributed by atoms with Crippen molar-refractivity contribution in [1.29, 1.82) is 0 Å². The number of hydrogen-bond acceptors (Lipinski definition) is 3. The highest BCUT2D eigenvalue weighted by Gasteiger charge is 2.40. The average molecular weight is 324 g/mol. The zero-order chi connectivity index (χ0) is 16.4.